The van der Waals surface area contributed by atoms with Gasteiger partial charge in [-0.2, -0.15) is 0 Å². The van der Waals surface area contributed by atoms with Gasteiger partial charge in [0.2, 0.25) is 0 Å². The number of carbonyl (C=O) groups excluding carboxylic acids is 1. The predicted octanol–water partition coefficient (Wildman–Crippen LogP) is 4.29. The first-order valence-electron chi connectivity index (χ1n) is 7.15. The molecule has 3 rings (SSSR count). The van der Waals surface area contributed by atoms with Crippen molar-refractivity contribution < 1.29 is 9.18 Å². The fourth-order valence-corrected chi connectivity index (χ4v) is 3.09. The number of aromatic nitrogens is 2. The van der Waals surface area contributed by atoms with Crippen LogP contribution in [0.15, 0.2) is 66.1 Å². The van der Waals surface area contributed by atoms with Crippen molar-refractivity contribution >= 4 is 17.5 Å². The van der Waals surface area contributed by atoms with E-state index in [1.807, 2.05) is 35.9 Å². The lowest BCUT2D eigenvalue weighted by Crippen LogP contribution is -2.04. The fraction of sp³-hybridized carbons (Fsp3) is 0.111. The number of halogens is 1. The molecule has 1 heterocycles. The molecular formula is C18H15FN2OS. The van der Waals surface area contributed by atoms with Crippen LogP contribution in [0.3, 0.4) is 0 Å². The van der Waals surface area contributed by atoms with Crippen molar-refractivity contribution in [3.63, 3.8) is 0 Å². The highest BCUT2D eigenvalue weighted by Gasteiger charge is 2.11. The van der Waals surface area contributed by atoms with Gasteiger partial charge in [0.25, 0.3) is 0 Å². The Hall–Kier alpha value is -2.40. The van der Waals surface area contributed by atoms with E-state index in [2.05, 4.69) is 11.1 Å². The zero-order chi connectivity index (χ0) is 16.2. The predicted molar refractivity (Wildman–Crippen MR) is 89.8 cm³/mol. The van der Waals surface area contributed by atoms with Crippen molar-refractivity contribution in [2.24, 2.45) is 0 Å². The van der Waals surface area contributed by atoms with E-state index in [9.17, 15) is 9.18 Å². The molecule has 0 N–H and O–H groups in total. The molecule has 0 saturated carbocycles. The van der Waals surface area contributed by atoms with E-state index in [1.165, 1.54) is 36.0 Å². The van der Waals surface area contributed by atoms with Crippen LogP contribution in [0.5, 0.6) is 0 Å². The standard InChI is InChI=1S/C18H15FN2OS/c1-13-3-2-4-16(11-13)21-10-9-20-18(21)23-12-17(22)14-5-7-15(19)8-6-14/h2-11H,12H2,1H3. The average Bonchev–Trinajstić information content (AvgIpc) is 3.02. The quantitative estimate of drug-likeness (QED) is 0.518. The number of rotatable bonds is 5. The van der Waals surface area contributed by atoms with E-state index in [4.69, 9.17) is 0 Å². The SMILES string of the molecule is Cc1cccc(-n2ccnc2SCC(=O)c2ccc(F)cc2)c1. The molecular weight excluding hydrogens is 311 g/mol. The normalized spacial score (nSPS) is 10.7. The molecule has 0 atom stereocenters. The van der Waals surface area contributed by atoms with E-state index in [1.54, 1.807) is 6.20 Å². The number of Topliss-reactive ketones (excluding diaryl/α,β-unsaturated/α-hetero) is 1. The molecule has 0 aliphatic heterocycles. The minimum absolute atomic E-state index is 0.0474. The minimum Gasteiger partial charge on any atom is -0.295 e. The third kappa shape index (κ3) is 3.68. The Labute approximate surface area is 138 Å². The number of hydrogen-bond donors (Lipinski definition) is 0. The molecule has 0 aliphatic rings. The number of aryl methyl sites for hydroxylation is 1. The summed E-state index contributed by atoms with van der Waals surface area (Å²) >= 11 is 1.37. The van der Waals surface area contributed by atoms with Gasteiger partial charge in [-0.15, -0.1) is 0 Å². The van der Waals surface area contributed by atoms with E-state index < -0.39 is 0 Å². The second-order valence-electron chi connectivity index (χ2n) is 5.14. The van der Waals surface area contributed by atoms with Crippen molar-refractivity contribution in [2.45, 2.75) is 12.1 Å². The largest absolute Gasteiger partial charge is 0.295 e. The van der Waals surface area contributed by atoms with Crippen molar-refractivity contribution in [1.29, 1.82) is 0 Å². The number of carbonyl (C=O) groups is 1. The summed E-state index contributed by atoms with van der Waals surface area (Å²) < 4.78 is 14.9. The summed E-state index contributed by atoms with van der Waals surface area (Å²) in [5.74, 6) is -0.132. The molecule has 3 nitrogen and oxygen atoms in total. The Morgan fingerprint density at radius 1 is 1.22 bits per heavy atom. The van der Waals surface area contributed by atoms with Crippen LogP contribution in [-0.4, -0.2) is 21.1 Å². The highest BCUT2D eigenvalue weighted by Crippen LogP contribution is 2.22. The van der Waals surface area contributed by atoms with Crippen LogP contribution in [-0.2, 0) is 0 Å². The summed E-state index contributed by atoms with van der Waals surface area (Å²) in [6, 6.07) is 13.7. The highest BCUT2D eigenvalue weighted by atomic mass is 32.2. The first kappa shape index (κ1) is 15.5. The molecule has 0 saturated heterocycles. The highest BCUT2D eigenvalue weighted by molar-refractivity contribution is 7.99. The second kappa shape index (κ2) is 6.79. The summed E-state index contributed by atoms with van der Waals surface area (Å²) in [6.45, 7) is 2.03. The molecule has 116 valence electrons. The van der Waals surface area contributed by atoms with Crippen LogP contribution in [0, 0.1) is 12.7 Å². The lowest BCUT2D eigenvalue weighted by molar-refractivity contribution is 0.102. The second-order valence-corrected chi connectivity index (χ2v) is 6.08. The van der Waals surface area contributed by atoms with Crippen LogP contribution in [0.1, 0.15) is 15.9 Å². The van der Waals surface area contributed by atoms with Gasteiger partial charge in [0.15, 0.2) is 10.9 Å². The summed E-state index contributed by atoms with van der Waals surface area (Å²) in [7, 11) is 0. The number of ketones is 1. The number of nitrogens with zero attached hydrogens (tertiary/aromatic N) is 2. The van der Waals surface area contributed by atoms with Gasteiger partial charge >= 0.3 is 0 Å². The summed E-state index contributed by atoms with van der Waals surface area (Å²) in [5.41, 5.74) is 2.68. The number of hydrogen-bond acceptors (Lipinski definition) is 3. The lowest BCUT2D eigenvalue weighted by atomic mass is 10.1. The maximum Gasteiger partial charge on any atom is 0.173 e. The zero-order valence-corrected chi connectivity index (χ0v) is 13.4. The Kier molecular flexibility index (Phi) is 4.57. The molecule has 0 bridgehead atoms. The Morgan fingerprint density at radius 2 is 2.00 bits per heavy atom. The molecule has 5 heteroatoms. The molecule has 0 radical (unpaired) electrons. The van der Waals surface area contributed by atoms with Gasteiger partial charge in [-0.3, -0.25) is 9.36 Å². The Bertz CT molecular complexity index is 827. The number of thioether (sulfide) groups is 1. The van der Waals surface area contributed by atoms with Crippen molar-refractivity contribution in [3.05, 3.63) is 77.9 Å². The van der Waals surface area contributed by atoms with Crippen LogP contribution in [0.4, 0.5) is 4.39 Å². The zero-order valence-electron chi connectivity index (χ0n) is 12.6. The van der Waals surface area contributed by atoms with Crippen molar-refractivity contribution in [1.82, 2.24) is 9.55 Å². The third-order valence-electron chi connectivity index (χ3n) is 3.39. The van der Waals surface area contributed by atoms with Gasteiger partial charge in [-0.05, 0) is 48.9 Å². The van der Waals surface area contributed by atoms with Crippen LogP contribution >= 0.6 is 11.8 Å². The first-order valence-corrected chi connectivity index (χ1v) is 8.14. The molecule has 0 unspecified atom stereocenters. The summed E-state index contributed by atoms with van der Waals surface area (Å²) in [6.07, 6.45) is 3.59. The average molecular weight is 326 g/mol. The van der Waals surface area contributed by atoms with Crippen LogP contribution in [0.25, 0.3) is 5.69 Å². The van der Waals surface area contributed by atoms with E-state index in [0.29, 0.717) is 5.56 Å². The third-order valence-corrected chi connectivity index (χ3v) is 4.35. The van der Waals surface area contributed by atoms with E-state index in [0.717, 1.165) is 16.4 Å². The number of imidazole rings is 1. The van der Waals surface area contributed by atoms with Gasteiger partial charge in [0.1, 0.15) is 5.82 Å². The van der Waals surface area contributed by atoms with Crippen LogP contribution in [0.2, 0.25) is 0 Å². The molecule has 0 spiro atoms. The molecule has 0 aliphatic carbocycles. The van der Waals surface area contributed by atoms with Crippen molar-refractivity contribution in [3.8, 4) is 5.69 Å². The van der Waals surface area contributed by atoms with Gasteiger partial charge < -0.3 is 0 Å². The van der Waals surface area contributed by atoms with Gasteiger partial charge in [-0.1, -0.05) is 23.9 Å². The van der Waals surface area contributed by atoms with Gasteiger partial charge in [-0.25, -0.2) is 9.37 Å². The molecule has 3 aromatic rings. The van der Waals surface area contributed by atoms with Crippen molar-refractivity contribution in [2.75, 3.05) is 5.75 Å². The smallest absolute Gasteiger partial charge is 0.173 e. The lowest BCUT2D eigenvalue weighted by Gasteiger charge is -2.08. The van der Waals surface area contributed by atoms with Crippen LogP contribution < -0.4 is 0 Å². The Morgan fingerprint density at radius 3 is 2.74 bits per heavy atom. The van der Waals surface area contributed by atoms with Gasteiger partial charge in [0.05, 0.1) is 5.75 Å². The molecule has 0 amide bonds. The summed E-state index contributed by atoms with van der Waals surface area (Å²) in [5, 5.41) is 0.756. The van der Waals surface area contributed by atoms with E-state index in [-0.39, 0.29) is 17.4 Å². The first-order chi connectivity index (χ1) is 11.1. The summed E-state index contributed by atoms with van der Waals surface area (Å²) in [4.78, 5) is 16.5. The monoisotopic (exact) mass is 326 g/mol. The molecule has 0 fully saturated rings. The molecule has 1 aromatic heterocycles. The topological polar surface area (TPSA) is 34.9 Å². The maximum atomic E-state index is 12.9. The fourth-order valence-electron chi connectivity index (χ4n) is 2.22. The minimum atomic E-state index is -0.343. The maximum absolute atomic E-state index is 12.9. The number of benzene rings is 2. The van der Waals surface area contributed by atoms with Gasteiger partial charge in [0, 0.05) is 23.6 Å². The molecule has 23 heavy (non-hydrogen) atoms. The van der Waals surface area contributed by atoms with E-state index >= 15 is 0 Å². The molecule has 2 aromatic carbocycles. The Balaban J connectivity index is 1.73.